The highest BCUT2D eigenvalue weighted by molar-refractivity contribution is 5.64. The largest absolute Gasteiger partial charge is 0.299 e. The third-order valence-electron chi connectivity index (χ3n) is 2.40. The van der Waals surface area contributed by atoms with Crippen molar-refractivity contribution < 1.29 is 4.79 Å². The van der Waals surface area contributed by atoms with Crippen molar-refractivity contribution in [3.8, 4) is 0 Å². The van der Waals surface area contributed by atoms with Gasteiger partial charge in [0.2, 0.25) is 0 Å². The lowest BCUT2D eigenvalue weighted by Gasteiger charge is -2.21. The Hall–Kier alpha value is -0.590. The van der Waals surface area contributed by atoms with Gasteiger partial charge in [-0.2, -0.15) is 0 Å². The highest BCUT2D eigenvalue weighted by Crippen LogP contribution is 2.26. The van der Waals surface area contributed by atoms with Gasteiger partial charge in [0.15, 0.2) is 0 Å². The van der Waals surface area contributed by atoms with Crippen LogP contribution in [-0.4, -0.2) is 6.29 Å². The van der Waals surface area contributed by atoms with Gasteiger partial charge in [-0.25, -0.2) is 0 Å². The van der Waals surface area contributed by atoms with Gasteiger partial charge in [0, 0.05) is 0 Å². The van der Waals surface area contributed by atoms with Crippen molar-refractivity contribution in [1.82, 2.24) is 0 Å². The fourth-order valence-electron chi connectivity index (χ4n) is 1.03. The molecule has 0 aromatic rings. The zero-order valence-corrected chi connectivity index (χ0v) is 8.47. The summed E-state index contributed by atoms with van der Waals surface area (Å²) in [5, 5.41) is 0. The van der Waals surface area contributed by atoms with Crippen molar-refractivity contribution in [2.45, 2.75) is 46.5 Å². The van der Waals surface area contributed by atoms with Gasteiger partial charge in [0.25, 0.3) is 0 Å². The molecule has 0 radical (unpaired) electrons. The van der Waals surface area contributed by atoms with Gasteiger partial charge < -0.3 is 0 Å². The molecule has 0 fully saturated rings. The van der Waals surface area contributed by atoms with E-state index < -0.39 is 0 Å². The molecule has 0 saturated carbocycles. The molecule has 0 aromatic heterocycles. The molecule has 0 rings (SSSR count). The van der Waals surface area contributed by atoms with E-state index >= 15 is 0 Å². The van der Waals surface area contributed by atoms with E-state index in [1.165, 1.54) is 19.3 Å². The molecular formula is C11H20O. The maximum Gasteiger partial charge on any atom is 0.142 e. The second-order valence-corrected chi connectivity index (χ2v) is 3.97. The summed E-state index contributed by atoms with van der Waals surface area (Å²) in [4.78, 5) is 9.93. The first-order valence-electron chi connectivity index (χ1n) is 4.72. The average molecular weight is 168 g/mol. The Morgan fingerprint density at radius 3 is 2.50 bits per heavy atom. The first-order valence-corrected chi connectivity index (χ1v) is 4.72. The number of carbonyl (C=O) groups excluding carboxylic acids is 1. The molecule has 0 aliphatic heterocycles. The van der Waals surface area contributed by atoms with Gasteiger partial charge >= 0.3 is 0 Å². The number of aldehydes is 1. The monoisotopic (exact) mass is 168 g/mol. The van der Waals surface area contributed by atoms with Crippen LogP contribution in [0.4, 0.5) is 0 Å². The van der Waals surface area contributed by atoms with Crippen LogP contribution in [0.5, 0.6) is 0 Å². The predicted octanol–water partition coefficient (Wildman–Crippen LogP) is 3.35. The third-order valence-corrected chi connectivity index (χ3v) is 2.40. The Kier molecular flexibility index (Phi) is 5.69. The number of allylic oxidation sites excluding steroid dienone is 2. The van der Waals surface area contributed by atoms with E-state index in [2.05, 4.69) is 20.8 Å². The fraction of sp³-hybridized carbons (Fsp3) is 0.727. The average Bonchev–Trinajstić information content (AvgIpc) is 2.04. The molecule has 0 spiro atoms. The van der Waals surface area contributed by atoms with Gasteiger partial charge in [-0.1, -0.05) is 33.3 Å². The first-order chi connectivity index (χ1) is 5.62. The summed E-state index contributed by atoms with van der Waals surface area (Å²) >= 11 is 0. The molecule has 0 aliphatic rings. The molecule has 0 amide bonds. The van der Waals surface area contributed by atoms with Gasteiger partial charge in [0.05, 0.1) is 0 Å². The molecule has 0 heterocycles. The molecule has 0 bridgehead atoms. The van der Waals surface area contributed by atoms with Crippen molar-refractivity contribution in [3.05, 3.63) is 12.2 Å². The second kappa shape index (κ2) is 5.99. The lowest BCUT2D eigenvalue weighted by Crippen LogP contribution is -2.08. The number of hydrogen-bond donors (Lipinski definition) is 0. The van der Waals surface area contributed by atoms with Gasteiger partial charge in [-0.15, -0.1) is 0 Å². The Morgan fingerprint density at radius 1 is 1.33 bits per heavy atom. The molecule has 70 valence electrons. The Labute approximate surface area is 75.9 Å². The van der Waals surface area contributed by atoms with E-state index in [-0.39, 0.29) is 0 Å². The summed E-state index contributed by atoms with van der Waals surface area (Å²) in [7, 11) is 0. The predicted molar refractivity (Wildman–Crippen MR) is 53.1 cm³/mol. The highest BCUT2D eigenvalue weighted by atomic mass is 16.1. The number of rotatable bonds is 6. The number of hydrogen-bond acceptors (Lipinski definition) is 1. The van der Waals surface area contributed by atoms with Crippen molar-refractivity contribution in [3.63, 3.8) is 0 Å². The fourth-order valence-corrected chi connectivity index (χ4v) is 1.03. The lowest BCUT2D eigenvalue weighted by molar-refractivity contribution is -0.104. The summed E-state index contributed by atoms with van der Waals surface area (Å²) in [5.41, 5.74) is 0.467. The van der Waals surface area contributed by atoms with Crippen LogP contribution >= 0.6 is 0 Å². The topological polar surface area (TPSA) is 17.1 Å². The van der Waals surface area contributed by atoms with E-state index in [0.29, 0.717) is 5.41 Å². The molecule has 0 atom stereocenters. The Morgan fingerprint density at radius 2 is 2.00 bits per heavy atom. The number of unbranched alkanes of at least 4 members (excludes halogenated alkanes) is 1. The minimum absolute atomic E-state index is 0.467. The standard InChI is InChI=1S/C11H20O/c1-4-11(2,3)9-7-5-6-8-10-12/h6,8,10H,4-5,7,9H2,1-3H3. The van der Waals surface area contributed by atoms with Crippen LogP contribution in [0.25, 0.3) is 0 Å². The molecule has 0 N–H and O–H groups in total. The van der Waals surface area contributed by atoms with Gasteiger partial charge in [0.1, 0.15) is 6.29 Å². The smallest absolute Gasteiger partial charge is 0.142 e. The molecule has 0 saturated heterocycles. The quantitative estimate of drug-likeness (QED) is 0.338. The molecule has 12 heavy (non-hydrogen) atoms. The summed E-state index contributed by atoms with van der Waals surface area (Å²) < 4.78 is 0. The van der Waals surface area contributed by atoms with E-state index in [4.69, 9.17) is 0 Å². The van der Waals surface area contributed by atoms with Crippen LogP contribution in [0.15, 0.2) is 12.2 Å². The SMILES string of the molecule is CCC(C)(C)CCCC=CC=O. The van der Waals surface area contributed by atoms with Crippen LogP contribution in [0.3, 0.4) is 0 Å². The van der Waals surface area contributed by atoms with E-state index in [0.717, 1.165) is 12.7 Å². The molecular weight excluding hydrogens is 148 g/mol. The molecule has 1 heteroatoms. The molecule has 1 nitrogen and oxygen atoms in total. The minimum Gasteiger partial charge on any atom is -0.299 e. The van der Waals surface area contributed by atoms with Crippen LogP contribution in [0, 0.1) is 5.41 Å². The van der Waals surface area contributed by atoms with E-state index in [1.807, 2.05) is 6.08 Å². The van der Waals surface area contributed by atoms with Crippen LogP contribution in [-0.2, 0) is 4.79 Å². The second-order valence-electron chi connectivity index (χ2n) is 3.97. The summed E-state index contributed by atoms with van der Waals surface area (Å²) in [6.07, 6.45) is 9.05. The van der Waals surface area contributed by atoms with Gasteiger partial charge in [-0.3, -0.25) is 4.79 Å². The first kappa shape index (κ1) is 11.4. The third kappa shape index (κ3) is 6.14. The van der Waals surface area contributed by atoms with Crippen molar-refractivity contribution in [2.24, 2.45) is 5.41 Å². The summed E-state index contributed by atoms with van der Waals surface area (Å²) in [6, 6.07) is 0. The Bertz CT molecular complexity index is 145. The van der Waals surface area contributed by atoms with E-state index in [1.54, 1.807) is 6.08 Å². The molecule has 0 aromatic carbocycles. The number of carbonyl (C=O) groups is 1. The molecule has 0 aliphatic carbocycles. The van der Waals surface area contributed by atoms with Gasteiger partial charge in [-0.05, 0) is 30.8 Å². The molecule has 0 unspecified atom stereocenters. The lowest BCUT2D eigenvalue weighted by atomic mass is 9.85. The Balaban J connectivity index is 3.42. The zero-order valence-electron chi connectivity index (χ0n) is 8.47. The van der Waals surface area contributed by atoms with Crippen LogP contribution < -0.4 is 0 Å². The minimum atomic E-state index is 0.467. The summed E-state index contributed by atoms with van der Waals surface area (Å²) in [6.45, 7) is 6.80. The maximum atomic E-state index is 9.93. The normalized spacial score (nSPS) is 12.2. The zero-order chi connectivity index (χ0) is 9.45. The summed E-state index contributed by atoms with van der Waals surface area (Å²) in [5.74, 6) is 0. The van der Waals surface area contributed by atoms with Crippen molar-refractivity contribution in [2.75, 3.05) is 0 Å². The van der Waals surface area contributed by atoms with Crippen molar-refractivity contribution in [1.29, 1.82) is 0 Å². The van der Waals surface area contributed by atoms with Crippen LogP contribution in [0.2, 0.25) is 0 Å². The maximum absolute atomic E-state index is 9.93. The van der Waals surface area contributed by atoms with Crippen LogP contribution in [0.1, 0.15) is 46.5 Å². The highest BCUT2D eigenvalue weighted by Gasteiger charge is 2.12. The van der Waals surface area contributed by atoms with Crippen molar-refractivity contribution >= 4 is 6.29 Å². The van der Waals surface area contributed by atoms with E-state index in [9.17, 15) is 4.79 Å².